The number of aliphatic hydroxyl groups is 1. The second kappa shape index (κ2) is 5.00. The minimum atomic E-state index is -1.11. The summed E-state index contributed by atoms with van der Waals surface area (Å²) in [5, 5.41) is 18.2. The number of aromatic carboxylic acids is 1. The van der Waals surface area contributed by atoms with Gasteiger partial charge in [-0.1, -0.05) is 11.6 Å². The lowest BCUT2D eigenvalue weighted by Crippen LogP contribution is -2.14. The third-order valence-electron chi connectivity index (χ3n) is 1.65. The first-order chi connectivity index (χ1) is 7.00. The number of carboxylic acid groups (broad SMARTS) is 1. The predicted octanol–water partition coefficient (Wildman–Crippen LogP) is 1.80. The van der Waals surface area contributed by atoms with Crippen molar-refractivity contribution in [1.29, 1.82) is 0 Å². The molecule has 0 aromatic heterocycles. The van der Waals surface area contributed by atoms with Crippen LogP contribution >= 0.6 is 11.6 Å². The maximum absolute atomic E-state index is 10.8. The summed E-state index contributed by atoms with van der Waals surface area (Å²) in [6.07, 6.45) is -0.651. The highest BCUT2D eigenvalue weighted by molar-refractivity contribution is 6.31. The largest absolute Gasteiger partial charge is 0.490 e. The first-order valence-corrected chi connectivity index (χ1v) is 4.72. The highest BCUT2D eigenvalue weighted by Gasteiger charge is 2.12. The lowest BCUT2D eigenvalue weighted by Gasteiger charge is -2.10. The first-order valence-electron chi connectivity index (χ1n) is 4.34. The van der Waals surface area contributed by atoms with Crippen LogP contribution in [0.25, 0.3) is 0 Å². The van der Waals surface area contributed by atoms with Gasteiger partial charge in [-0.25, -0.2) is 4.79 Å². The molecule has 82 valence electrons. The molecular formula is C10H11ClO4. The molecule has 1 aromatic rings. The van der Waals surface area contributed by atoms with Crippen molar-refractivity contribution in [3.8, 4) is 5.75 Å². The summed E-state index contributed by atoms with van der Waals surface area (Å²) in [6, 6.07) is 4.31. The van der Waals surface area contributed by atoms with Crippen LogP contribution in [-0.4, -0.2) is 28.9 Å². The number of aliphatic hydroxyl groups excluding tert-OH is 1. The van der Waals surface area contributed by atoms with Crippen molar-refractivity contribution < 1.29 is 19.7 Å². The van der Waals surface area contributed by atoms with Crippen molar-refractivity contribution in [3.05, 3.63) is 28.8 Å². The summed E-state index contributed by atoms with van der Waals surface area (Å²) in [5.41, 5.74) is -0.0110. The van der Waals surface area contributed by atoms with Gasteiger partial charge in [-0.15, -0.1) is 0 Å². The van der Waals surface area contributed by atoms with Gasteiger partial charge in [0.2, 0.25) is 0 Å². The summed E-state index contributed by atoms with van der Waals surface area (Å²) in [7, 11) is 0. The number of hydrogen-bond donors (Lipinski definition) is 2. The molecule has 0 amide bonds. The van der Waals surface area contributed by atoms with E-state index in [9.17, 15) is 4.79 Å². The van der Waals surface area contributed by atoms with Crippen molar-refractivity contribution >= 4 is 17.6 Å². The quantitative estimate of drug-likeness (QED) is 0.828. The Bertz CT molecular complexity index is 362. The maximum atomic E-state index is 10.8. The van der Waals surface area contributed by atoms with E-state index in [4.69, 9.17) is 26.6 Å². The zero-order valence-electron chi connectivity index (χ0n) is 8.11. The van der Waals surface area contributed by atoms with Crippen molar-refractivity contribution in [2.45, 2.75) is 13.0 Å². The van der Waals surface area contributed by atoms with Gasteiger partial charge in [0, 0.05) is 5.02 Å². The molecule has 0 fully saturated rings. The van der Waals surface area contributed by atoms with Crippen LogP contribution in [0.5, 0.6) is 5.75 Å². The highest BCUT2D eigenvalue weighted by atomic mass is 35.5. The fraction of sp³-hybridized carbons (Fsp3) is 0.300. The molecule has 1 atom stereocenters. The number of carboxylic acids is 1. The van der Waals surface area contributed by atoms with Crippen LogP contribution in [0.4, 0.5) is 0 Å². The van der Waals surface area contributed by atoms with Gasteiger partial charge >= 0.3 is 5.97 Å². The monoisotopic (exact) mass is 230 g/mol. The third-order valence-corrected chi connectivity index (χ3v) is 1.89. The number of benzene rings is 1. The second-order valence-electron chi connectivity index (χ2n) is 3.11. The van der Waals surface area contributed by atoms with E-state index in [0.29, 0.717) is 5.02 Å². The van der Waals surface area contributed by atoms with Crippen LogP contribution in [0.15, 0.2) is 18.2 Å². The standard InChI is InChI=1S/C10H11ClO4/c1-6(12)5-15-9-3-2-7(11)4-8(9)10(13)14/h2-4,6,12H,5H2,1H3,(H,13,14). The molecule has 0 aliphatic heterocycles. The molecule has 0 heterocycles. The molecule has 0 radical (unpaired) electrons. The normalized spacial score (nSPS) is 12.2. The predicted molar refractivity (Wildman–Crippen MR) is 55.6 cm³/mol. The molecule has 0 saturated carbocycles. The summed E-state index contributed by atoms with van der Waals surface area (Å²) < 4.78 is 5.13. The van der Waals surface area contributed by atoms with Gasteiger partial charge in [-0.05, 0) is 25.1 Å². The number of halogens is 1. The molecule has 0 saturated heterocycles. The Balaban J connectivity index is 2.91. The van der Waals surface area contributed by atoms with E-state index >= 15 is 0 Å². The zero-order chi connectivity index (χ0) is 11.4. The van der Waals surface area contributed by atoms with Crippen LogP contribution in [0.1, 0.15) is 17.3 Å². The molecule has 0 bridgehead atoms. The molecule has 0 aliphatic rings. The molecule has 1 aromatic carbocycles. The zero-order valence-corrected chi connectivity index (χ0v) is 8.86. The molecule has 2 N–H and O–H groups in total. The molecule has 1 rings (SSSR count). The van der Waals surface area contributed by atoms with E-state index < -0.39 is 12.1 Å². The average molecular weight is 231 g/mol. The lowest BCUT2D eigenvalue weighted by molar-refractivity contribution is 0.0686. The first kappa shape index (κ1) is 11.8. The molecule has 5 heteroatoms. The van der Waals surface area contributed by atoms with Crippen LogP contribution in [-0.2, 0) is 0 Å². The Morgan fingerprint density at radius 3 is 2.80 bits per heavy atom. The number of rotatable bonds is 4. The topological polar surface area (TPSA) is 66.8 Å². The van der Waals surface area contributed by atoms with Crippen molar-refractivity contribution in [2.75, 3.05) is 6.61 Å². The molecule has 0 spiro atoms. The Morgan fingerprint density at radius 1 is 1.60 bits per heavy atom. The molecule has 15 heavy (non-hydrogen) atoms. The highest BCUT2D eigenvalue weighted by Crippen LogP contribution is 2.22. The lowest BCUT2D eigenvalue weighted by atomic mass is 10.2. The number of carbonyl (C=O) groups is 1. The van der Waals surface area contributed by atoms with Gasteiger partial charge in [0.05, 0.1) is 6.10 Å². The van der Waals surface area contributed by atoms with Gasteiger partial charge in [0.25, 0.3) is 0 Å². The van der Waals surface area contributed by atoms with E-state index in [1.54, 1.807) is 6.92 Å². The molecule has 0 aliphatic carbocycles. The van der Waals surface area contributed by atoms with Gasteiger partial charge in [-0.3, -0.25) is 0 Å². The Kier molecular flexibility index (Phi) is 3.94. The van der Waals surface area contributed by atoms with E-state index in [1.807, 2.05) is 0 Å². The number of ether oxygens (including phenoxy) is 1. The van der Waals surface area contributed by atoms with Crippen LogP contribution < -0.4 is 4.74 Å². The van der Waals surface area contributed by atoms with Crippen molar-refractivity contribution in [3.63, 3.8) is 0 Å². The van der Waals surface area contributed by atoms with Gasteiger partial charge in [0.15, 0.2) is 0 Å². The summed E-state index contributed by atoms with van der Waals surface area (Å²) in [5.74, 6) is -0.911. The average Bonchev–Trinajstić information content (AvgIpc) is 2.15. The fourth-order valence-corrected chi connectivity index (χ4v) is 1.18. The van der Waals surface area contributed by atoms with Crippen molar-refractivity contribution in [2.24, 2.45) is 0 Å². The fourth-order valence-electron chi connectivity index (χ4n) is 1.01. The van der Waals surface area contributed by atoms with Gasteiger partial charge < -0.3 is 14.9 Å². The summed E-state index contributed by atoms with van der Waals surface area (Å²) in [4.78, 5) is 10.8. The molecule has 1 unspecified atom stereocenters. The van der Waals surface area contributed by atoms with Gasteiger partial charge in [-0.2, -0.15) is 0 Å². The minimum absolute atomic E-state index is 0.0110. The Hall–Kier alpha value is -1.26. The summed E-state index contributed by atoms with van der Waals surface area (Å²) >= 11 is 5.66. The van der Waals surface area contributed by atoms with Crippen LogP contribution in [0.3, 0.4) is 0 Å². The van der Waals surface area contributed by atoms with Crippen LogP contribution in [0, 0.1) is 0 Å². The third kappa shape index (κ3) is 3.42. The van der Waals surface area contributed by atoms with E-state index in [1.165, 1.54) is 18.2 Å². The van der Waals surface area contributed by atoms with Gasteiger partial charge in [0.1, 0.15) is 17.9 Å². The Labute approximate surface area is 92.1 Å². The van der Waals surface area contributed by atoms with E-state index in [0.717, 1.165) is 0 Å². The molecule has 4 nitrogen and oxygen atoms in total. The smallest absolute Gasteiger partial charge is 0.339 e. The van der Waals surface area contributed by atoms with E-state index in [2.05, 4.69) is 0 Å². The Morgan fingerprint density at radius 2 is 2.27 bits per heavy atom. The minimum Gasteiger partial charge on any atom is -0.490 e. The van der Waals surface area contributed by atoms with E-state index in [-0.39, 0.29) is 17.9 Å². The van der Waals surface area contributed by atoms with Crippen LogP contribution in [0.2, 0.25) is 5.02 Å². The molecular weight excluding hydrogens is 220 g/mol. The summed E-state index contributed by atoms with van der Waals surface area (Å²) in [6.45, 7) is 1.60. The SMILES string of the molecule is CC(O)COc1ccc(Cl)cc1C(=O)O. The van der Waals surface area contributed by atoms with Crippen molar-refractivity contribution in [1.82, 2.24) is 0 Å². The number of hydrogen-bond acceptors (Lipinski definition) is 3. The second-order valence-corrected chi connectivity index (χ2v) is 3.54. The maximum Gasteiger partial charge on any atom is 0.339 e.